The third-order valence-electron chi connectivity index (χ3n) is 5.37. The van der Waals surface area contributed by atoms with Gasteiger partial charge < -0.3 is 9.05 Å². The Balaban J connectivity index is 1.94. The molecule has 0 unspecified atom stereocenters. The van der Waals surface area contributed by atoms with Crippen LogP contribution in [0.3, 0.4) is 0 Å². The Kier molecular flexibility index (Phi) is 11.5. The van der Waals surface area contributed by atoms with E-state index in [0.717, 1.165) is 19.3 Å². The molecule has 0 radical (unpaired) electrons. The molecular formula is C24H33N2O7P. The van der Waals surface area contributed by atoms with Crippen LogP contribution in [0.4, 0.5) is 11.4 Å². The van der Waals surface area contributed by atoms with Crippen LogP contribution in [0.1, 0.15) is 71.1 Å². The second-order valence-corrected chi connectivity index (χ2v) is 10.2. The molecule has 0 saturated carbocycles. The number of unbranched alkanes of at least 4 members (excludes halogenated alkanes) is 9. The first-order valence-corrected chi connectivity index (χ1v) is 13.5. The summed E-state index contributed by atoms with van der Waals surface area (Å²) < 4.78 is 24.9. The third kappa shape index (κ3) is 9.91. The van der Waals surface area contributed by atoms with E-state index in [2.05, 4.69) is 6.92 Å². The van der Waals surface area contributed by atoms with Gasteiger partial charge in [0.25, 0.3) is 11.4 Å². The number of benzene rings is 2. The number of hydrogen-bond donors (Lipinski definition) is 0. The van der Waals surface area contributed by atoms with Gasteiger partial charge in [0.15, 0.2) is 0 Å². The minimum absolute atomic E-state index is 0.104. The Morgan fingerprint density at radius 1 is 0.647 bits per heavy atom. The van der Waals surface area contributed by atoms with Crippen molar-refractivity contribution in [1.82, 2.24) is 0 Å². The van der Waals surface area contributed by atoms with Gasteiger partial charge in [0.2, 0.25) is 0 Å². The van der Waals surface area contributed by atoms with Crippen LogP contribution in [0.25, 0.3) is 0 Å². The molecule has 0 heterocycles. The van der Waals surface area contributed by atoms with Crippen molar-refractivity contribution in [1.29, 1.82) is 0 Å². The van der Waals surface area contributed by atoms with Crippen LogP contribution >= 0.6 is 7.60 Å². The molecule has 2 rings (SSSR count). The second kappa shape index (κ2) is 14.4. The molecule has 0 N–H and O–H groups in total. The summed E-state index contributed by atoms with van der Waals surface area (Å²) >= 11 is 0. The number of nitrogens with zero attached hydrogens (tertiary/aromatic N) is 2. The highest BCUT2D eigenvalue weighted by atomic mass is 31.2. The second-order valence-electron chi connectivity index (χ2n) is 8.20. The lowest BCUT2D eigenvalue weighted by atomic mass is 10.1. The van der Waals surface area contributed by atoms with Crippen molar-refractivity contribution in [2.75, 3.05) is 6.16 Å². The van der Waals surface area contributed by atoms with Crippen molar-refractivity contribution in [2.24, 2.45) is 0 Å². The van der Waals surface area contributed by atoms with E-state index in [-0.39, 0.29) is 29.0 Å². The van der Waals surface area contributed by atoms with Crippen LogP contribution in [0, 0.1) is 20.2 Å². The first-order valence-electron chi connectivity index (χ1n) is 11.8. The van der Waals surface area contributed by atoms with Gasteiger partial charge in [0.05, 0.1) is 16.0 Å². The Bertz CT molecular complexity index is 885. The Labute approximate surface area is 200 Å². The summed E-state index contributed by atoms with van der Waals surface area (Å²) in [6, 6.07) is 10.6. The molecule has 0 atom stereocenters. The largest absolute Gasteiger partial charge is 0.430 e. The molecule has 0 bridgehead atoms. The number of non-ortho nitro benzene ring substituents is 2. The molecule has 0 aliphatic carbocycles. The topological polar surface area (TPSA) is 122 Å². The van der Waals surface area contributed by atoms with Crippen molar-refractivity contribution >= 4 is 19.0 Å². The van der Waals surface area contributed by atoms with Gasteiger partial charge in [0.1, 0.15) is 11.5 Å². The molecule has 0 fully saturated rings. The van der Waals surface area contributed by atoms with Crippen molar-refractivity contribution in [3.05, 3.63) is 68.8 Å². The van der Waals surface area contributed by atoms with E-state index < -0.39 is 17.4 Å². The average Bonchev–Trinajstić information content (AvgIpc) is 2.81. The summed E-state index contributed by atoms with van der Waals surface area (Å²) in [5.74, 6) is 0.394. The fraction of sp³-hybridized carbons (Fsp3) is 0.500. The Morgan fingerprint density at radius 2 is 1.00 bits per heavy atom. The minimum Gasteiger partial charge on any atom is -0.416 e. The molecule has 0 aliphatic rings. The summed E-state index contributed by atoms with van der Waals surface area (Å²) in [5, 5.41) is 21.7. The summed E-state index contributed by atoms with van der Waals surface area (Å²) in [6.07, 6.45) is 11.4. The zero-order valence-electron chi connectivity index (χ0n) is 19.6. The van der Waals surface area contributed by atoms with E-state index in [4.69, 9.17) is 9.05 Å². The summed E-state index contributed by atoms with van der Waals surface area (Å²) in [6.45, 7) is 2.20. The van der Waals surface area contributed by atoms with Gasteiger partial charge in [-0.3, -0.25) is 20.2 Å². The van der Waals surface area contributed by atoms with Crippen LogP contribution in [0.5, 0.6) is 11.5 Å². The highest BCUT2D eigenvalue weighted by molar-refractivity contribution is 7.54. The summed E-state index contributed by atoms with van der Waals surface area (Å²) in [5.41, 5.74) is -0.207. The molecule has 34 heavy (non-hydrogen) atoms. The highest BCUT2D eigenvalue weighted by Gasteiger charge is 2.28. The minimum atomic E-state index is -3.65. The van der Waals surface area contributed by atoms with Crippen molar-refractivity contribution in [3.8, 4) is 11.5 Å². The zero-order valence-corrected chi connectivity index (χ0v) is 20.5. The van der Waals surface area contributed by atoms with E-state index in [0.29, 0.717) is 6.42 Å². The first-order chi connectivity index (χ1) is 16.3. The maximum Gasteiger partial charge on any atom is 0.430 e. The van der Waals surface area contributed by atoms with Crippen LogP contribution in [0.2, 0.25) is 0 Å². The standard InChI is InChI=1S/C24H33N2O7P/c1-2-3-4-5-6-7-8-9-10-11-20-34(31,32-23-16-12-21(13-17-23)25(27)28)33-24-18-14-22(15-19-24)26(29)30/h12-19H,2-11,20H2,1H3. The maximum atomic E-state index is 13.5. The van der Waals surface area contributed by atoms with Gasteiger partial charge in [-0.15, -0.1) is 0 Å². The lowest BCUT2D eigenvalue weighted by Crippen LogP contribution is -2.06. The molecule has 0 aliphatic heterocycles. The van der Waals surface area contributed by atoms with Crippen LogP contribution in [-0.4, -0.2) is 16.0 Å². The number of nitro groups is 2. The van der Waals surface area contributed by atoms with Gasteiger partial charge in [-0.2, -0.15) is 0 Å². The van der Waals surface area contributed by atoms with E-state index in [9.17, 15) is 24.8 Å². The molecule has 10 heteroatoms. The molecule has 0 saturated heterocycles. The van der Waals surface area contributed by atoms with Gasteiger partial charge in [0, 0.05) is 24.3 Å². The van der Waals surface area contributed by atoms with Gasteiger partial charge >= 0.3 is 7.60 Å². The molecule has 0 amide bonds. The van der Waals surface area contributed by atoms with E-state index in [1.807, 2.05) is 0 Å². The summed E-state index contributed by atoms with van der Waals surface area (Å²) in [4.78, 5) is 20.7. The molecular weight excluding hydrogens is 459 g/mol. The van der Waals surface area contributed by atoms with Gasteiger partial charge in [-0.05, 0) is 30.7 Å². The molecule has 0 spiro atoms. The lowest BCUT2D eigenvalue weighted by molar-refractivity contribution is -0.385. The monoisotopic (exact) mass is 492 g/mol. The van der Waals surface area contributed by atoms with Gasteiger partial charge in [-0.1, -0.05) is 64.7 Å². The van der Waals surface area contributed by atoms with Crippen molar-refractivity contribution < 1.29 is 23.5 Å². The lowest BCUT2D eigenvalue weighted by Gasteiger charge is -2.20. The third-order valence-corrected chi connectivity index (χ3v) is 7.21. The molecule has 9 nitrogen and oxygen atoms in total. The van der Waals surface area contributed by atoms with E-state index in [1.54, 1.807) is 0 Å². The zero-order chi connectivity index (χ0) is 24.8. The first kappa shape index (κ1) is 27.3. The normalized spacial score (nSPS) is 11.2. The van der Waals surface area contributed by atoms with Crippen LogP contribution in [0.15, 0.2) is 48.5 Å². The van der Waals surface area contributed by atoms with E-state index in [1.165, 1.54) is 87.1 Å². The van der Waals surface area contributed by atoms with Crippen LogP contribution in [-0.2, 0) is 4.57 Å². The van der Waals surface area contributed by atoms with Crippen LogP contribution < -0.4 is 9.05 Å². The maximum absolute atomic E-state index is 13.5. The molecule has 2 aromatic carbocycles. The average molecular weight is 493 g/mol. The molecule has 0 aromatic heterocycles. The van der Waals surface area contributed by atoms with Crippen molar-refractivity contribution in [2.45, 2.75) is 71.1 Å². The van der Waals surface area contributed by atoms with E-state index >= 15 is 0 Å². The van der Waals surface area contributed by atoms with Gasteiger partial charge in [-0.25, -0.2) is 4.57 Å². The number of hydrogen-bond acceptors (Lipinski definition) is 7. The van der Waals surface area contributed by atoms with Crippen molar-refractivity contribution in [3.63, 3.8) is 0 Å². The molecule has 2 aromatic rings. The predicted octanol–water partition coefficient (Wildman–Crippen LogP) is 8.07. The predicted molar refractivity (Wildman–Crippen MR) is 132 cm³/mol. The summed E-state index contributed by atoms with van der Waals surface area (Å²) in [7, 11) is -3.65. The number of rotatable bonds is 17. The molecule has 186 valence electrons. The smallest absolute Gasteiger partial charge is 0.416 e. The quantitative estimate of drug-likeness (QED) is 0.0946. The number of nitro benzene ring substituents is 2. The Hall–Kier alpha value is -2.93. The Morgan fingerprint density at radius 3 is 1.35 bits per heavy atom. The fourth-order valence-corrected chi connectivity index (χ4v) is 5.20. The highest BCUT2D eigenvalue weighted by Crippen LogP contribution is 2.49. The fourth-order valence-electron chi connectivity index (χ4n) is 3.48. The SMILES string of the molecule is CCCCCCCCCCCCP(=O)(Oc1ccc([N+](=O)[O-])cc1)Oc1ccc([N+](=O)[O-])cc1.